The minimum atomic E-state index is -0.729. The zero-order valence-corrected chi connectivity index (χ0v) is 18.1. The molecule has 1 aliphatic heterocycles. The van der Waals surface area contributed by atoms with E-state index < -0.39 is 12.2 Å². The molecule has 5 N–H and O–H groups in total. The largest absolute Gasteiger partial charge is 0.390 e. The summed E-state index contributed by atoms with van der Waals surface area (Å²) in [5.74, 6) is 2.69. The first-order chi connectivity index (χ1) is 14.5. The molecule has 3 atom stereocenters. The zero-order chi connectivity index (χ0) is 21.1. The molecule has 0 amide bonds. The summed E-state index contributed by atoms with van der Waals surface area (Å²) in [6, 6.07) is 2.01. The van der Waals surface area contributed by atoms with Crippen molar-refractivity contribution in [1.82, 2.24) is 19.9 Å². The monoisotopic (exact) mass is 416 g/mol. The first-order valence-corrected chi connectivity index (χ1v) is 11.5. The van der Waals surface area contributed by atoms with Crippen LogP contribution in [0.15, 0.2) is 12.3 Å². The van der Waals surface area contributed by atoms with Crippen LogP contribution >= 0.6 is 0 Å². The van der Waals surface area contributed by atoms with Crippen LogP contribution in [0.4, 0.5) is 11.6 Å². The molecule has 1 saturated heterocycles. The molecule has 2 fully saturated rings. The van der Waals surface area contributed by atoms with Gasteiger partial charge in [-0.3, -0.25) is 0 Å². The molecule has 2 aliphatic rings. The smallest absolute Gasteiger partial charge is 0.163 e. The number of hydrogen-bond acceptors (Lipinski definition) is 7. The lowest BCUT2D eigenvalue weighted by atomic mass is 9.89. The number of aromatic nitrogens is 3. The number of nitrogens with zero attached hydrogens (tertiary/aromatic N) is 3. The molecule has 2 aromatic heterocycles. The van der Waals surface area contributed by atoms with E-state index in [1.54, 1.807) is 0 Å². The fourth-order valence-corrected chi connectivity index (χ4v) is 4.64. The zero-order valence-electron chi connectivity index (χ0n) is 18.1. The number of rotatable bonds is 7. The summed E-state index contributed by atoms with van der Waals surface area (Å²) in [6.07, 6.45) is 7.05. The van der Waals surface area contributed by atoms with E-state index in [0.717, 1.165) is 29.4 Å². The van der Waals surface area contributed by atoms with Crippen molar-refractivity contribution < 1.29 is 10.2 Å². The van der Waals surface area contributed by atoms with Gasteiger partial charge in [0.15, 0.2) is 5.65 Å². The number of fused-ring (bicyclic) bond motifs is 1. The SMILES string of the molecule is CC(C)c1cnn2c(NCC3CCCCC3)cc(NC[C@@H]3CNC[C@@H](O)[C@H]3O)nc12. The highest BCUT2D eigenvalue weighted by Gasteiger charge is 2.30. The molecule has 30 heavy (non-hydrogen) atoms. The van der Waals surface area contributed by atoms with Crippen LogP contribution in [0, 0.1) is 11.8 Å². The van der Waals surface area contributed by atoms with E-state index >= 15 is 0 Å². The summed E-state index contributed by atoms with van der Waals surface area (Å²) in [6.45, 7) is 6.90. The lowest BCUT2D eigenvalue weighted by molar-refractivity contribution is -0.0310. The third kappa shape index (κ3) is 4.71. The van der Waals surface area contributed by atoms with E-state index in [4.69, 9.17) is 4.98 Å². The highest BCUT2D eigenvalue weighted by Crippen LogP contribution is 2.27. The van der Waals surface area contributed by atoms with Gasteiger partial charge in [0.1, 0.15) is 11.6 Å². The van der Waals surface area contributed by atoms with Crippen molar-refractivity contribution in [2.24, 2.45) is 11.8 Å². The second kappa shape index (κ2) is 9.49. The summed E-state index contributed by atoms with van der Waals surface area (Å²) < 4.78 is 1.91. The number of β-amino-alcohol motifs (C(OH)–C–C–N with tert-alkyl or cyclic N) is 1. The molecular formula is C22H36N6O2. The molecule has 0 aromatic carbocycles. The third-order valence-electron chi connectivity index (χ3n) is 6.60. The molecular weight excluding hydrogens is 380 g/mol. The van der Waals surface area contributed by atoms with Gasteiger partial charge in [-0.1, -0.05) is 33.1 Å². The van der Waals surface area contributed by atoms with Gasteiger partial charge in [-0.05, 0) is 24.7 Å². The topological polar surface area (TPSA) is 107 Å². The van der Waals surface area contributed by atoms with Crippen molar-refractivity contribution >= 4 is 17.3 Å². The number of aliphatic hydroxyl groups excluding tert-OH is 2. The summed E-state index contributed by atoms with van der Waals surface area (Å²) >= 11 is 0. The predicted molar refractivity (Wildman–Crippen MR) is 119 cm³/mol. The Labute approximate surface area is 178 Å². The third-order valence-corrected chi connectivity index (χ3v) is 6.60. The van der Waals surface area contributed by atoms with E-state index in [9.17, 15) is 10.2 Å². The molecule has 0 radical (unpaired) electrons. The molecule has 0 spiro atoms. The van der Waals surface area contributed by atoms with Gasteiger partial charge in [-0.15, -0.1) is 0 Å². The van der Waals surface area contributed by atoms with Gasteiger partial charge in [-0.25, -0.2) is 4.98 Å². The molecule has 0 unspecified atom stereocenters. The van der Waals surface area contributed by atoms with Gasteiger partial charge in [0.2, 0.25) is 0 Å². The van der Waals surface area contributed by atoms with E-state index in [1.807, 2.05) is 16.8 Å². The molecule has 4 rings (SSSR count). The Morgan fingerprint density at radius 2 is 1.93 bits per heavy atom. The summed E-state index contributed by atoms with van der Waals surface area (Å²) in [5, 5.41) is 35.0. The maximum atomic E-state index is 10.3. The fraction of sp³-hybridized carbons (Fsp3) is 0.727. The van der Waals surface area contributed by atoms with Crippen molar-refractivity contribution in [3.8, 4) is 0 Å². The average molecular weight is 417 g/mol. The van der Waals surface area contributed by atoms with Gasteiger partial charge in [0, 0.05) is 43.7 Å². The Bertz CT molecular complexity index is 832. The van der Waals surface area contributed by atoms with Crippen molar-refractivity contribution in [1.29, 1.82) is 0 Å². The van der Waals surface area contributed by atoms with Crippen molar-refractivity contribution in [3.05, 3.63) is 17.8 Å². The molecule has 1 saturated carbocycles. The molecule has 0 bridgehead atoms. The Morgan fingerprint density at radius 3 is 2.70 bits per heavy atom. The number of nitrogens with one attached hydrogen (secondary N) is 3. The quantitative estimate of drug-likeness (QED) is 0.471. The fourth-order valence-electron chi connectivity index (χ4n) is 4.64. The molecule has 2 aromatic rings. The second-order valence-electron chi connectivity index (χ2n) is 9.26. The van der Waals surface area contributed by atoms with E-state index in [1.165, 1.54) is 32.1 Å². The van der Waals surface area contributed by atoms with Crippen molar-refractivity contribution in [2.45, 2.75) is 64.1 Å². The summed E-state index contributed by atoms with van der Waals surface area (Å²) in [7, 11) is 0. The number of anilines is 2. The van der Waals surface area contributed by atoms with Crippen LogP contribution in [0.5, 0.6) is 0 Å². The van der Waals surface area contributed by atoms with E-state index in [0.29, 0.717) is 31.5 Å². The standard InChI is InChI=1S/C22H36N6O2/c1-14(2)17-12-26-28-20(25-9-15-6-4-3-5-7-15)8-19(27-22(17)28)24-11-16-10-23-13-18(29)21(16)30/h8,12,14-16,18,21,23,25,29-30H,3-7,9-11,13H2,1-2H3,(H,24,27)/t16-,18+,21-/m0/s1. The number of aliphatic hydroxyl groups is 2. The Balaban J connectivity index is 1.53. The second-order valence-corrected chi connectivity index (χ2v) is 9.26. The summed E-state index contributed by atoms with van der Waals surface area (Å²) in [5.41, 5.74) is 1.98. The summed E-state index contributed by atoms with van der Waals surface area (Å²) in [4.78, 5) is 4.83. The lowest BCUT2D eigenvalue weighted by Gasteiger charge is -2.32. The van der Waals surface area contributed by atoms with Crippen LogP contribution < -0.4 is 16.0 Å². The van der Waals surface area contributed by atoms with Gasteiger partial charge < -0.3 is 26.2 Å². The Hall–Kier alpha value is -1.90. The molecule has 1 aliphatic carbocycles. The van der Waals surface area contributed by atoms with Gasteiger partial charge in [-0.2, -0.15) is 9.61 Å². The Morgan fingerprint density at radius 1 is 1.13 bits per heavy atom. The minimum Gasteiger partial charge on any atom is -0.390 e. The highest BCUT2D eigenvalue weighted by atomic mass is 16.3. The van der Waals surface area contributed by atoms with E-state index in [2.05, 4.69) is 34.9 Å². The van der Waals surface area contributed by atoms with Crippen molar-refractivity contribution in [3.63, 3.8) is 0 Å². The maximum Gasteiger partial charge on any atom is 0.163 e. The van der Waals surface area contributed by atoms with Crippen LogP contribution in [0.1, 0.15) is 57.4 Å². The first-order valence-electron chi connectivity index (χ1n) is 11.5. The predicted octanol–water partition coefficient (Wildman–Crippen LogP) is 2.20. The highest BCUT2D eigenvalue weighted by molar-refractivity contribution is 5.61. The first kappa shape index (κ1) is 21.3. The lowest BCUT2D eigenvalue weighted by Crippen LogP contribution is -2.52. The number of hydrogen-bond donors (Lipinski definition) is 5. The maximum absolute atomic E-state index is 10.3. The normalized spacial score (nSPS) is 25.7. The van der Waals surface area contributed by atoms with Crippen LogP contribution in [-0.4, -0.2) is 63.2 Å². The van der Waals surface area contributed by atoms with Crippen molar-refractivity contribution in [2.75, 3.05) is 36.8 Å². The van der Waals surface area contributed by atoms with Gasteiger partial charge >= 0.3 is 0 Å². The Kier molecular flexibility index (Phi) is 6.75. The molecule has 8 nitrogen and oxygen atoms in total. The van der Waals surface area contributed by atoms with Crippen LogP contribution in [0.25, 0.3) is 5.65 Å². The van der Waals surface area contributed by atoms with E-state index in [-0.39, 0.29) is 5.92 Å². The van der Waals surface area contributed by atoms with Gasteiger partial charge in [0.05, 0.1) is 18.4 Å². The number of piperidine rings is 1. The van der Waals surface area contributed by atoms with Crippen LogP contribution in [-0.2, 0) is 0 Å². The van der Waals surface area contributed by atoms with Gasteiger partial charge in [0.25, 0.3) is 0 Å². The molecule has 3 heterocycles. The van der Waals surface area contributed by atoms with Crippen LogP contribution in [0.2, 0.25) is 0 Å². The average Bonchev–Trinajstić information content (AvgIpc) is 3.18. The van der Waals surface area contributed by atoms with Crippen LogP contribution in [0.3, 0.4) is 0 Å². The molecule has 8 heteroatoms. The minimum absolute atomic E-state index is 0.0695. The molecule has 166 valence electrons.